The second-order valence-corrected chi connectivity index (χ2v) is 5.06. The lowest BCUT2D eigenvalue weighted by molar-refractivity contribution is -0.384. The molecule has 0 spiro atoms. The Hall–Kier alpha value is -3.23. The van der Waals surface area contributed by atoms with Gasteiger partial charge in [-0.15, -0.1) is 6.58 Å². The number of benzene rings is 1. The summed E-state index contributed by atoms with van der Waals surface area (Å²) in [5.41, 5.74) is 0.440. The van der Waals surface area contributed by atoms with E-state index in [1.165, 1.54) is 29.9 Å². The second-order valence-electron chi connectivity index (χ2n) is 5.06. The van der Waals surface area contributed by atoms with Crippen LogP contribution in [0.15, 0.2) is 37.1 Å². The maximum absolute atomic E-state index is 14.0. The maximum Gasteiger partial charge on any atom is 0.405 e. The standard InChI is InChI=1S/C15H15FN4O4/c1-3-4-12(18-15(21)22)9-5-10(7-11(16)6-9)14-13(20(23)24)8-17-19(14)2/h3,5-8,12,18H,1,4H2,2H3,(H,21,22)/t12-/m0/s1. The fraction of sp³-hybridized carbons (Fsp3) is 0.200. The molecule has 0 fully saturated rings. The van der Waals surface area contributed by atoms with Gasteiger partial charge in [0.1, 0.15) is 17.7 Å². The van der Waals surface area contributed by atoms with Gasteiger partial charge in [0.15, 0.2) is 0 Å². The van der Waals surface area contributed by atoms with E-state index < -0.39 is 22.9 Å². The Morgan fingerprint density at radius 1 is 1.58 bits per heavy atom. The molecular weight excluding hydrogens is 319 g/mol. The van der Waals surface area contributed by atoms with Gasteiger partial charge in [0.25, 0.3) is 0 Å². The van der Waals surface area contributed by atoms with Gasteiger partial charge in [-0.05, 0) is 30.2 Å². The summed E-state index contributed by atoms with van der Waals surface area (Å²) in [6.45, 7) is 3.55. The molecule has 2 aromatic rings. The number of carboxylic acid groups (broad SMARTS) is 1. The van der Waals surface area contributed by atoms with Crippen molar-refractivity contribution in [2.24, 2.45) is 7.05 Å². The van der Waals surface area contributed by atoms with Crippen LogP contribution < -0.4 is 5.32 Å². The van der Waals surface area contributed by atoms with E-state index in [1.54, 1.807) is 0 Å². The van der Waals surface area contributed by atoms with E-state index in [0.717, 1.165) is 12.3 Å². The third-order valence-corrected chi connectivity index (χ3v) is 3.41. The molecule has 9 heteroatoms. The lowest BCUT2D eigenvalue weighted by Gasteiger charge is -2.17. The number of hydrogen-bond acceptors (Lipinski definition) is 4. The minimum atomic E-state index is -1.26. The van der Waals surface area contributed by atoms with Crippen molar-refractivity contribution in [1.29, 1.82) is 0 Å². The van der Waals surface area contributed by atoms with E-state index in [4.69, 9.17) is 5.11 Å². The molecule has 0 aliphatic heterocycles. The summed E-state index contributed by atoms with van der Waals surface area (Å²) in [6, 6.07) is 3.09. The summed E-state index contributed by atoms with van der Waals surface area (Å²) >= 11 is 0. The summed E-state index contributed by atoms with van der Waals surface area (Å²) < 4.78 is 15.3. The molecule has 8 nitrogen and oxygen atoms in total. The largest absolute Gasteiger partial charge is 0.465 e. The number of carbonyl (C=O) groups is 1. The molecule has 0 unspecified atom stereocenters. The molecule has 0 aliphatic carbocycles. The molecule has 0 saturated heterocycles. The minimum absolute atomic E-state index is 0.133. The molecule has 1 aromatic carbocycles. The van der Waals surface area contributed by atoms with Gasteiger partial charge in [-0.25, -0.2) is 9.18 Å². The molecule has 1 aromatic heterocycles. The van der Waals surface area contributed by atoms with Crippen LogP contribution in [-0.4, -0.2) is 25.9 Å². The van der Waals surface area contributed by atoms with Gasteiger partial charge in [0.2, 0.25) is 0 Å². The van der Waals surface area contributed by atoms with Crippen molar-refractivity contribution in [3.63, 3.8) is 0 Å². The monoisotopic (exact) mass is 334 g/mol. The molecular formula is C15H15FN4O4. The highest BCUT2D eigenvalue weighted by molar-refractivity contribution is 5.71. The topological polar surface area (TPSA) is 110 Å². The molecule has 0 saturated carbocycles. The quantitative estimate of drug-likeness (QED) is 0.479. The van der Waals surface area contributed by atoms with Crippen molar-refractivity contribution in [3.05, 3.63) is 58.5 Å². The average molecular weight is 334 g/mol. The van der Waals surface area contributed by atoms with Crippen molar-refractivity contribution in [3.8, 4) is 11.3 Å². The minimum Gasteiger partial charge on any atom is -0.465 e. The number of hydrogen-bond donors (Lipinski definition) is 2. The van der Waals surface area contributed by atoms with E-state index in [1.807, 2.05) is 0 Å². The van der Waals surface area contributed by atoms with Gasteiger partial charge in [-0.1, -0.05) is 6.08 Å². The van der Waals surface area contributed by atoms with E-state index in [-0.39, 0.29) is 23.4 Å². The summed E-state index contributed by atoms with van der Waals surface area (Å²) in [4.78, 5) is 21.4. The number of nitro groups is 1. The van der Waals surface area contributed by atoms with E-state index >= 15 is 0 Å². The van der Waals surface area contributed by atoms with E-state index in [0.29, 0.717) is 5.56 Å². The zero-order valence-electron chi connectivity index (χ0n) is 12.8. The van der Waals surface area contributed by atoms with E-state index in [9.17, 15) is 19.3 Å². The number of nitrogens with one attached hydrogen (secondary N) is 1. The Morgan fingerprint density at radius 2 is 2.29 bits per heavy atom. The Labute approximate surface area is 136 Å². The number of rotatable bonds is 6. The van der Waals surface area contributed by atoms with Gasteiger partial charge >= 0.3 is 11.8 Å². The Kier molecular flexibility index (Phi) is 4.93. The normalized spacial score (nSPS) is 11.8. The second kappa shape index (κ2) is 6.90. The highest BCUT2D eigenvalue weighted by Crippen LogP contribution is 2.32. The van der Waals surface area contributed by atoms with Crippen LogP contribution >= 0.6 is 0 Å². The highest BCUT2D eigenvalue weighted by Gasteiger charge is 2.23. The number of nitrogens with zero attached hydrogens (tertiary/aromatic N) is 3. The van der Waals surface area contributed by atoms with Crippen LogP contribution in [0.25, 0.3) is 11.3 Å². The van der Waals surface area contributed by atoms with Crippen LogP contribution in [0.1, 0.15) is 18.0 Å². The first kappa shape index (κ1) is 17.1. The molecule has 1 amide bonds. The van der Waals surface area contributed by atoms with Crippen LogP contribution in [0.4, 0.5) is 14.9 Å². The Morgan fingerprint density at radius 3 is 2.88 bits per heavy atom. The number of aromatic nitrogens is 2. The van der Waals surface area contributed by atoms with Crippen LogP contribution in [0, 0.1) is 15.9 Å². The van der Waals surface area contributed by atoms with Crippen LogP contribution in [-0.2, 0) is 7.05 Å². The molecule has 0 aliphatic rings. The van der Waals surface area contributed by atoms with Crippen molar-refractivity contribution < 1.29 is 19.2 Å². The third kappa shape index (κ3) is 3.57. The summed E-state index contributed by atoms with van der Waals surface area (Å²) in [7, 11) is 1.50. The van der Waals surface area contributed by atoms with Crippen molar-refractivity contribution in [2.75, 3.05) is 0 Å². The number of amides is 1. The molecule has 0 bridgehead atoms. The Bertz CT molecular complexity index is 803. The number of aryl methyl sites for hydroxylation is 1. The van der Waals surface area contributed by atoms with Crippen molar-refractivity contribution in [1.82, 2.24) is 15.1 Å². The number of halogens is 1. The predicted molar refractivity (Wildman–Crippen MR) is 84.0 cm³/mol. The summed E-state index contributed by atoms with van der Waals surface area (Å²) in [5.74, 6) is -0.640. The molecule has 1 atom stereocenters. The lowest BCUT2D eigenvalue weighted by atomic mass is 9.99. The first-order chi connectivity index (χ1) is 11.3. The van der Waals surface area contributed by atoms with Crippen molar-refractivity contribution >= 4 is 11.8 Å². The molecule has 0 radical (unpaired) electrons. The van der Waals surface area contributed by atoms with Crippen molar-refractivity contribution in [2.45, 2.75) is 12.5 Å². The molecule has 24 heavy (non-hydrogen) atoms. The first-order valence-corrected chi connectivity index (χ1v) is 6.91. The highest BCUT2D eigenvalue weighted by atomic mass is 19.1. The summed E-state index contributed by atoms with van der Waals surface area (Å²) in [6.07, 6.45) is 1.55. The van der Waals surface area contributed by atoms with Gasteiger partial charge in [-0.2, -0.15) is 5.10 Å². The lowest BCUT2D eigenvalue weighted by Crippen LogP contribution is -2.26. The van der Waals surface area contributed by atoms with Crippen LogP contribution in [0.5, 0.6) is 0 Å². The molecule has 2 N–H and O–H groups in total. The van der Waals surface area contributed by atoms with Gasteiger partial charge in [0, 0.05) is 12.6 Å². The summed E-state index contributed by atoms with van der Waals surface area (Å²) in [5, 5.41) is 26.1. The van der Waals surface area contributed by atoms with E-state index in [2.05, 4.69) is 17.0 Å². The first-order valence-electron chi connectivity index (χ1n) is 6.91. The molecule has 1 heterocycles. The van der Waals surface area contributed by atoms with Crippen LogP contribution in [0.2, 0.25) is 0 Å². The smallest absolute Gasteiger partial charge is 0.405 e. The maximum atomic E-state index is 14.0. The van der Waals surface area contributed by atoms with Crippen LogP contribution in [0.3, 0.4) is 0 Å². The molecule has 2 rings (SSSR count). The molecule has 126 valence electrons. The third-order valence-electron chi connectivity index (χ3n) is 3.41. The SMILES string of the molecule is C=CC[C@H](NC(=O)O)c1cc(F)cc(-c2c([N+](=O)[O-])cnn2C)c1. The average Bonchev–Trinajstić information content (AvgIpc) is 2.87. The fourth-order valence-electron chi connectivity index (χ4n) is 2.44. The van der Waals surface area contributed by atoms with Gasteiger partial charge < -0.3 is 10.4 Å². The van der Waals surface area contributed by atoms with Gasteiger partial charge in [-0.3, -0.25) is 14.8 Å². The van der Waals surface area contributed by atoms with Gasteiger partial charge in [0.05, 0.1) is 11.0 Å². The fourth-order valence-corrected chi connectivity index (χ4v) is 2.44. The zero-order valence-corrected chi connectivity index (χ0v) is 12.8. The Balaban J connectivity index is 2.56. The zero-order chi connectivity index (χ0) is 17.9. The predicted octanol–water partition coefficient (Wildman–Crippen LogP) is 3.02.